The van der Waals surface area contributed by atoms with Crippen LogP contribution in [0.3, 0.4) is 0 Å². The summed E-state index contributed by atoms with van der Waals surface area (Å²) in [5, 5.41) is 7.63. The molecular weight excluding hydrogens is 224 g/mol. The summed E-state index contributed by atoms with van der Waals surface area (Å²) in [5.74, 6) is 0. The van der Waals surface area contributed by atoms with E-state index in [-0.39, 0.29) is 0 Å². The molecule has 1 aromatic carbocycles. The summed E-state index contributed by atoms with van der Waals surface area (Å²) in [6, 6.07) is 7.52. The van der Waals surface area contributed by atoms with Crippen LogP contribution in [-0.4, -0.2) is 16.5 Å². The monoisotopic (exact) mass is 234 g/mol. The molecule has 3 nitrogen and oxygen atoms in total. The summed E-state index contributed by atoms with van der Waals surface area (Å²) in [4.78, 5) is 10.9. The van der Waals surface area contributed by atoms with Crippen molar-refractivity contribution in [2.45, 2.75) is 13.3 Å². The smallest absolute Gasteiger partial charge is 0.153 e. The minimum atomic E-state index is 0.635. The molecule has 2 rings (SSSR count). The molecule has 0 radical (unpaired) electrons. The van der Waals surface area contributed by atoms with Gasteiger partial charge in [-0.05, 0) is 24.6 Å². The van der Waals surface area contributed by atoms with Crippen LogP contribution in [0.4, 0.5) is 0 Å². The summed E-state index contributed by atoms with van der Waals surface area (Å²) in [6.07, 6.45) is 1.47. The second-order valence-corrected chi connectivity index (χ2v) is 4.07. The maximum absolute atomic E-state index is 10.9. The van der Waals surface area contributed by atoms with E-state index in [1.54, 1.807) is 0 Å². The predicted octanol–water partition coefficient (Wildman–Crippen LogP) is 2.77. The zero-order chi connectivity index (χ0) is 11.5. The van der Waals surface area contributed by atoms with E-state index in [4.69, 9.17) is 11.6 Å². The number of halogens is 1. The Morgan fingerprint density at radius 2 is 2.06 bits per heavy atom. The van der Waals surface area contributed by atoms with E-state index in [0.717, 1.165) is 23.2 Å². The van der Waals surface area contributed by atoms with Crippen molar-refractivity contribution in [1.29, 1.82) is 0 Å². The second-order valence-electron chi connectivity index (χ2n) is 3.63. The first-order valence-corrected chi connectivity index (χ1v) is 5.32. The zero-order valence-electron chi connectivity index (χ0n) is 8.83. The molecule has 1 N–H and O–H groups in total. The van der Waals surface area contributed by atoms with Gasteiger partial charge in [0.15, 0.2) is 6.29 Å². The summed E-state index contributed by atoms with van der Waals surface area (Å²) in [6.45, 7) is 1.84. The molecule has 0 spiro atoms. The number of aryl methyl sites for hydroxylation is 1. The molecule has 2 aromatic rings. The van der Waals surface area contributed by atoms with E-state index in [1.165, 1.54) is 0 Å². The largest absolute Gasteiger partial charge is 0.298 e. The average molecular weight is 235 g/mol. The highest BCUT2D eigenvalue weighted by Crippen LogP contribution is 2.15. The van der Waals surface area contributed by atoms with Gasteiger partial charge in [-0.2, -0.15) is 5.10 Å². The van der Waals surface area contributed by atoms with E-state index in [9.17, 15) is 4.79 Å². The van der Waals surface area contributed by atoms with Crippen LogP contribution in [0.25, 0.3) is 0 Å². The highest BCUT2D eigenvalue weighted by molar-refractivity contribution is 6.30. The Morgan fingerprint density at radius 1 is 1.38 bits per heavy atom. The van der Waals surface area contributed by atoms with Gasteiger partial charge in [-0.25, -0.2) is 0 Å². The van der Waals surface area contributed by atoms with Crippen molar-refractivity contribution in [1.82, 2.24) is 10.2 Å². The van der Waals surface area contributed by atoms with Crippen LogP contribution in [0.15, 0.2) is 24.3 Å². The van der Waals surface area contributed by atoms with Crippen LogP contribution >= 0.6 is 11.6 Å². The van der Waals surface area contributed by atoms with Gasteiger partial charge in [-0.1, -0.05) is 23.7 Å². The number of aromatic nitrogens is 2. The minimum absolute atomic E-state index is 0.635. The Balaban J connectivity index is 2.26. The van der Waals surface area contributed by atoms with Crippen molar-refractivity contribution >= 4 is 17.9 Å². The lowest BCUT2D eigenvalue weighted by Crippen LogP contribution is -1.93. The van der Waals surface area contributed by atoms with Crippen molar-refractivity contribution in [3.63, 3.8) is 0 Å². The highest BCUT2D eigenvalue weighted by Gasteiger charge is 2.09. The molecule has 4 heteroatoms. The van der Waals surface area contributed by atoms with Crippen LogP contribution in [0.2, 0.25) is 5.02 Å². The molecule has 82 valence electrons. The van der Waals surface area contributed by atoms with Gasteiger partial charge in [0.05, 0.1) is 11.3 Å². The number of benzene rings is 1. The van der Waals surface area contributed by atoms with E-state index in [2.05, 4.69) is 10.2 Å². The molecule has 0 aliphatic carbocycles. The van der Waals surface area contributed by atoms with Crippen LogP contribution < -0.4 is 0 Å². The van der Waals surface area contributed by atoms with Crippen LogP contribution in [0.1, 0.15) is 27.3 Å². The Kier molecular flexibility index (Phi) is 3.06. The van der Waals surface area contributed by atoms with Gasteiger partial charge in [0, 0.05) is 17.1 Å². The number of rotatable bonds is 3. The van der Waals surface area contributed by atoms with Gasteiger partial charge in [0.25, 0.3) is 0 Å². The van der Waals surface area contributed by atoms with Crippen molar-refractivity contribution in [3.8, 4) is 0 Å². The van der Waals surface area contributed by atoms with Crippen LogP contribution in [0, 0.1) is 6.92 Å². The maximum atomic E-state index is 10.9. The second kappa shape index (κ2) is 4.49. The van der Waals surface area contributed by atoms with Gasteiger partial charge in [-0.15, -0.1) is 0 Å². The van der Waals surface area contributed by atoms with Gasteiger partial charge in [0.2, 0.25) is 0 Å². The van der Waals surface area contributed by atoms with E-state index in [0.29, 0.717) is 17.0 Å². The molecule has 0 bridgehead atoms. The first kappa shape index (κ1) is 10.9. The Labute approximate surface area is 98.4 Å². The number of H-pyrrole nitrogens is 1. The van der Waals surface area contributed by atoms with E-state index in [1.807, 2.05) is 31.2 Å². The van der Waals surface area contributed by atoms with E-state index >= 15 is 0 Å². The molecule has 0 amide bonds. The average Bonchev–Trinajstić information content (AvgIpc) is 2.63. The van der Waals surface area contributed by atoms with Gasteiger partial charge in [0.1, 0.15) is 0 Å². The molecule has 0 unspecified atom stereocenters. The van der Waals surface area contributed by atoms with Gasteiger partial charge >= 0.3 is 0 Å². The number of nitrogens with one attached hydrogen (secondary N) is 1. The molecular formula is C12H11ClN2O. The lowest BCUT2D eigenvalue weighted by molar-refractivity contribution is 0.112. The molecule has 16 heavy (non-hydrogen) atoms. The first-order valence-electron chi connectivity index (χ1n) is 4.94. The van der Waals surface area contributed by atoms with Gasteiger partial charge < -0.3 is 0 Å². The standard InChI is InChI=1S/C12H11ClN2O/c1-8-11(7-16)12(15-14-8)6-9-2-4-10(13)5-3-9/h2-5,7H,6H2,1H3,(H,14,15). The molecule has 0 aliphatic rings. The molecule has 0 fully saturated rings. The SMILES string of the molecule is Cc1[nH]nc(Cc2ccc(Cl)cc2)c1C=O. The third-order valence-electron chi connectivity index (χ3n) is 2.48. The van der Waals surface area contributed by atoms with Gasteiger partial charge in [-0.3, -0.25) is 9.89 Å². The molecule has 0 saturated carbocycles. The van der Waals surface area contributed by atoms with Crippen molar-refractivity contribution < 1.29 is 4.79 Å². The number of aromatic amines is 1. The van der Waals surface area contributed by atoms with Crippen molar-refractivity contribution in [2.75, 3.05) is 0 Å². The van der Waals surface area contributed by atoms with Crippen molar-refractivity contribution in [2.24, 2.45) is 0 Å². The maximum Gasteiger partial charge on any atom is 0.153 e. The fourth-order valence-corrected chi connectivity index (χ4v) is 1.70. The number of nitrogens with zero attached hydrogens (tertiary/aromatic N) is 1. The van der Waals surface area contributed by atoms with Crippen molar-refractivity contribution in [3.05, 3.63) is 51.8 Å². The Hall–Kier alpha value is -1.61. The summed E-state index contributed by atoms with van der Waals surface area (Å²) >= 11 is 5.80. The predicted molar refractivity (Wildman–Crippen MR) is 63.0 cm³/mol. The van der Waals surface area contributed by atoms with Crippen LogP contribution in [-0.2, 0) is 6.42 Å². The number of hydrogen-bond acceptors (Lipinski definition) is 2. The molecule has 0 aliphatic heterocycles. The van der Waals surface area contributed by atoms with E-state index < -0.39 is 0 Å². The van der Waals surface area contributed by atoms with Crippen LogP contribution in [0.5, 0.6) is 0 Å². The molecule has 1 heterocycles. The Bertz CT molecular complexity index is 502. The number of carbonyl (C=O) groups is 1. The lowest BCUT2D eigenvalue weighted by Gasteiger charge is -1.99. The quantitative estimate of drug-likeness (QED) is 0.830. The first-order chi connectivity index (χ1) is 7.70. The summed E-state index contributed by atoms with van der Waals surface area (Å²) in [7, 11) is 0. The number of hydrogen-bond donors (Lipinski definition) is 1. The molecule has 1 aromatic heterocycles. The Morgan fingerprint density at radius 3 is 2.69 bits per heavy atom. The topological polar surface area (TPSA) is 45.8 Å². The summed E-state index contributed by atoms with van der Waals surface area (Å²) < 4.78 is 0. The molecule has 0 saturated heterocycles. The number of carbonyl (C=O) groups excluding carboxylic acids is 1. The third kappa shape index (κ3) is 2.14. The third-order valence-corrected chi connectivity index (χ3v) is 2.73. The zero-order valence-corrected chi connectivity index (χ0v) is 9.58. The number of aldehydes is 1. The highest BCUT2D eigenvalue weighted by atomic mass is 35.5. The minimum Gasteiger partial charge on any atom is -0.298 e. The fraction of sp³-hybridized carbons (Fsp3) is 0.167. The summed E-state index contributed by atoms with van der Waals surface area (Å²) in [5.41, 5.74) is 3.31. The normalized spacial score (nSPS) is 10.4. The lowest BCUT2D eigenvalue weighted by atomic mass is 10.1. The fourth-order valence-electron chi connectivity index (χ4n) is 1.57. The molecule has 0 atom stereocenters.